The first kappa shape index (κ1) is 17.5. The lowest BCUT2D eigenvalue weighted by Crippen LogP contribution is -2.47. The van der Waals surface area contributed by atoms with Crippen molar-refractivity contribution in [2.75, 3.05) is 33.2 Å². The van der Waals surface area contributed by atoms with Crippen molar-refractivity contribution >= 4 is 6.09 Å². The summed E-state index contributed by atoms with van der Waals surface area (Å²) in [6.07, 6.45) is 5.56. The van der Waals surface area contributed by atoms with E-state index in [0.717, 1.165) is 25.9 Å². The Bertz CT molecular complexity index is 367. The SMILES string of the molecule is CN1CCCN(C2CCCC(NC(=O)OC(C)(C)C)C2)CC1. The number of alkyl carbamates (subject to hydrolysis) is 1. The van der Waals surface area contributed by atoms with Gasteiger partial charge in [-0.25, -0.2) is 4.79 Å². The lowest BCUT2D eigenvalue weighted by molar-refractivity contribution is 0.0470. The molecule has 22 heavy (non-hydrogen) atoms. The Labute approximate surface area is 135 Å². The van der Waals surface area contributed by atoms with E-state index >= 15 is 0 Å². The summed E-state index contributed by atoms with van der Waals surface area (Å²) >= 11 is 0. The number of hydrogen-bond donors (Lipinski definition) is 1. The summed E-state index contributed by atoms with van der Waals surface area (Å²) in [7, 11) is 2.21. The molecule has 1 heterocycles. The molecule has 1 aliphatic carbocycles. The van der Waals surface area contributed by atoms with Gasteiger partial charge in [0.05, 0.1) is 0 Å². The molecule has 0 aromatic rings. The van der Waals surface area contributed by atoms with Crippen molar-refractivity contribution < 1.29 is 9.53 Å². The predicted octanol–water partition coefficient (Wildman–Crippen LogP) is 2.46. The average Bonchev–Trinajstić information content (AvgIpc) is 2.61. The summed E-state index contributed by atoms with van der Waals surface area (Å²) < 4.78 is 5.38. The van der Waals surface area contributed by atoms with E-state index in [1.165, 1.54) is 32.4 Å². The molecule has 1 amide bonds. The fraction of sp³-hybridized carbons (Fsp3) is 0.941. The van der Waals surface area contributed by atoms with Crippen LogP contribution in [0.3, 0.4) is 0 Å². The van der Waals surface area contributed by atoms with Crippen LogP contribution < -0.4 is 5.32 Å². The fourth-order valence-corrected chi connectivity index (χ4v) is 3.53. The maximum Gasteiger partial charge on any atom is 0.407 e. The maximum absolute atomic E-state index is 12.0. The number of carbonyl (C=O) groups excluding carboxylic acids is 1. The van der Waals surface area contributed by atoms with E-state index < -0.39 is 5.60 Å². The molecule has 0 aromatic carbocycles. The van der Waals surface area contributed by atoms with Crippen LogP contribution in [-0.2, 0) is 4.74 Å². The zero-order chi connectivity index (χ0) is 16.2. The van der Waals surface area contributed by atoms with Gasteiger partial charge in [0.15, 0.2) is 0 Å². The van der Waals surface area contributed by atoms with Gasteiger partial charge in [0, 0.05) is 25.2 Å². The summed E-state index contributed by atoms with van der Waals surface area (Å²) in [6.45, 7) is 10.4. The Hall–Kier alpha value is -0.810. The van der Waals surface area contributed by atoms with Gasteiger partial charge in [0.25, 0.3) is 0 Å². The molecule has 2 atom stereocenters. The molecule has 2 rings (SSSR count). The van der Waals surface area contributed by atoms with Crippen molar-refractivity contribution in [3.05, 3.63) is 0 Å². The molecule has 128 valence electrons. The second-order valence-electron chi connectivity index (χ2n) is 7.86. The third-order valence-corrected chi connectivity index (χ3v) is 4.64. The van der Waals surface area contributed by atoms with Gasteiger partial charge in [-0.2, -0.15) is 0 Å². The van der Waals surface area contributed by atoms with E-state index in [9.17, 15) is 4.79 Å². The molecule has 1 aliphatic heterocycles. The highest BCUT2D eigenvalue weighted by molar-refractivity contribution is 5.68. The molecule has 2 unspecified atom stereocenters. The summed E-state index contributed by atoms with van der Waals surface area (Å²) in [4.78, 5) is 17.0. The van der Waals surface area contributed by atoms with Crippen molar-refractivity contribution in [2.24, 2.45) is 0 Å². The fourth-order valence-electron chi connectivity index (χ4n) is 3.53. The van der Waals surface area contributed by atoms with Crippen molar-refractivity contribution in [3.63, 3.8) is 0 Å². The number of ether oxygens (including phenoxy) is 1. The van der Waals surface area contributed by atoms with Gasteiger partial charge in [-0.1, -0.05) is 0 Å². The third kappa shape index (κ3) is 5.76. The van der Waals surface area contributed by atoms with Crippen LogP contribution >= 0.6 is 0 Å². The molecule has 5 nitrogen and oxygen atoms in total. The highest BCUT2D eigenvalue weighted by Gasteiger charge is 2.29. The standard InChI is InChI=1S/C17H33N3O2/c1-17(2,3)22-16(21)18-14-7-5-8-15(13-14)20-10-6-9-19(4)11-12-20/h14-15H,5-13H2,1-4H3,(H,18,21). The summed E-state index contributed by atoms with van der Waals surface area (Å²) in [5, 5.41) is 3.07. The highest BCUT2D eigenvalue weighted by atomic mass is 16.6. The molecule has 1 N–H and O–H groups in total. The Morgan fingerprint density at radius 2 is 1.86 bits per heavy atom. The van der Waals surface area contributed by atoms with E-state index in [1.807, 2.05) is 20.8 Å². The minimum Gasteiger partial charge on any atom is -0.444 e. The summed E-state index contributed by atoms with van der Waals surface area (Å²) in [5.41, 5.74) is -0.423. The highest BCUT2D eigenvalue weighted by Crippen LogP contribution is 2.24. The normalized spacial score (nSPS) is 28.9. The average molecular weight is 311 g/mol. The second kappa shape index (κ2) is 7.64. The number of nitrogens with zero attached hydrogens (tertiary/aromatic N) is 2. The molecule has 0 radical (unpaired) electrons. The van der Waals surface area contributed by atoms with Crippen LogP contribution in [-0.4, -0.2) is 66.8 Å². The van der Waals surface area contributed by atoms with E-state index in [2.05, 4.69) is 22.2 Å². The first-order chi connectivity index (χ1) is 10.3. The molecule has 0 bridgehead atoms. The first-order valence-electron chi connectivity index (χ1n) is 8.75. The Balaban J connectivity index is 1.82. The number of amides is 1. The molecule has 2 fully saturated rings. The van der Waals surface area contributed by atoms with Crippen LogP contribution in [0.4, 0.5) is 4.79 Å². The molecule has 2 aliphatic rings. The van der Waals surface area contributed by atoms with E-state index in [4.69, 9.17) is 4.74 Å². The molecular formula is C17H33N3O2. The van der Waals surface area contributed by atoms with E-state index in [0.29, 0.717) is 6.04 Å². The maximum atomic E-state index is 12.0. The monoisotopic (exact) mass is 311 g/mol. The zero-order valence-corrected chi connectivity index (χ0v) is 14.7. The van der Waals surface area contributed by atoms with Crippen LogP contribution in [0.2, 0.25) is 0 Å². The smallest absolute Gasteiger partial charge is 0.407 e. The van der Waals surface area contributed by atoms with Crippen LogP contribution in [0, 0.1) is 0 Å². The topological polar surface area (TPSA) is 44.8 Å². The van der Waals surface area contributed by atoms with Crippen molar-refractivity contribution in [3.8, 4) is 0 Å². The lowest BCUT2D eigenvalue weighted by Gasteiger charge is -2.37. The van der Waals surface area contributed by atoms with Crippen molar-refractivity contribution in [1.82, 2.24) is 15.1 Å². The van der Waals surface area contributed by atoms with Gasteiger partial charge in [0.2, 0.25) is 0 Å². The predicted molar refractivity (Wildman–Crippen MR) is 89.1 cm³/mol. The molecule has 0 aromatic heterocycles. The van der Waals surface area contributed by atoms with Gasteiger partial charge in [-0.15, -0.1) is 0 Å². The minimum absolute atomic E-state index is 0.259. The summed E-state index contributed by atoms with van der Waals surface area (Å²) in [6, 6.07) is 0.870. The molecule has 1 saturated carbocycles. The number of hydrogen-bond acceptors (Lipinski definition) is 4. The first-order valence-corrected chi connectivity index (χ1v) is 8.75. The minimum atomic E-state index is -0.423. The second-order valence-corrected chi connectivity index (χ2v) is 7.86. The largest absolute Gasteiger partial charge is 0.444 e. The summed E-state index contributed by atoms with van der Waals surface area (Å²) in [5.74, 6) is 0. The van der Waals surface area contributed by atoms with Crippen molar-refractivity contribution in [2.45, 2.75) is 70.6 Å². The van der Waals surface area contributed by atoms with Crippen LogP contribution in [0.1, 0.15) is 52.9 Å². The molecule has 1 saturated heterocycles. The lowest BCUT2D eigenvalue weighted by atomic mass is 9.90. The van der Waals surface area contributed by atoms with Crippen LogP contribution in [0.25, 0.3) is 0 Å². The van der Waals surface area contributed by atoms with Gasteiger partial charge in [0.1, 0.15) is 5.60 Å². The zero-order valence-electron chi connectivity index (χ0n) is 14.7. The molecule has 0 spiro atoms. The Morgan fingerprint density at radius 1 is 1.09 bits per heavy atom. The van der Waals surface area contributed by atoms with Crippen LogP contribution in [0.5, 0.6) is 0 Å². The molecular weight excluding hydrogens is 278 g/mol. The number of nitrogens with one attached hydrogen (secondary N) is 1. The number of likely N-dealkylation sites (N-methyl/N-ethyl adjacent to an activating group) is 1. The Morgan fingerprint density at radius 3 is 2.59 bits per heavy atom. The van der Waals surface area contributed by atoms with Gasteiger partial charge >= 0.3 is 6.09 Å². The van der Waals surface area contributed by atoms with E-state index in [-0.39, 0.29) is 12.1 Å². The van der Waals surface area contributed by atoms with E-state index in [1.54, 1.807) is 0 Å². The molecule has 5 heteroatoms. The Kier molecular flexibility index (Phi) is 6.09. The van der Waals surface area contributed by atoms with Gasteiger partial charge in [-0.3, -0.25) is 4.90 Å². The van der Waals surface area contributed by atoms with Crippen molar-refractivity contribution in [1.29, 1.82) is 0 Å². The van der Waals surface area contributed by atoms with Crippen LogP contribution in [0.15, 0.2) is 0 Å². The third-order valence-electron chi connectivity index (χ3n) is 4.64. The van der Waals surface area contributed by atoms with Gasteiger partial charge < -0.3 is 15.0 Å². The van der Waals surface area contributed by atoms with Gasteiger partial charge in [-0.05, 0) is 73.0 Å². The quantitative estimate of drug-likeness (QED) is 0.851. The number of rotatable bonds is 2. The number of carbonyl (C=O) groups is 1.